The average molecular weight is 558 g/mol. The fourth-order valence-corrected chi connectivity index (χ4v) is 7.42. The summed E-state index contributed by atoms with van der Waals surface area (Å²) in [7, 11) is 0. The van der Waals surface area contributed by atoms with Crippen LogP contribution in [0, 0.1) is 0 Å². The normalized spacial score (nSPS) is 11.8. The van der Waals surface area contributed by atoms with E-state index in [1.165, 1.54) is 32.3 Å². The van der Waals surface area contributed by atoms with Crippen LogP contribution in [0.25, 0.3) is 75.0 Å². The van der Waals surface area contributed by atoms with Crippen LogP contribution in [-0.2, 0) is 0 Å². The molecular formula is C34H18Cl2N2S. The smallest absolute Gasteiger partial charge is 0.216 e. The van der Waals surface area contributed by atoms with Crippen molar-refractivity contribution in [3.8, 4) is 22.4 Å². The minimum absolute atomic E-state index is 0.214. The van der Waals surface area contributed by atoms with Crippen molar-refractivity contribution in [3.63, 3.8) is 0 Å². The molecule has 0 fully saturated rings. The Balaban J connectivity index is 1.35. The highest BCUT2D eigenvalue weighted by molar-refractivity contribution is 7.26. The van der Waals surface area contributed by atoms with Crippen LogP contribution in [0.2, 0.25) is 10.3 Å². The van der Waals surface area contributed by atoms with E-state index in [1.807, 2.05) is 12.1 Å². The van der Waals surface area contributed by atoms with Crippen molar-refractivity contribution >= 4 is 87.2 Å². The van der Waals surface area contributed by atoms with Gasteiger partial charge >= 0.3 is 0 Å². The van der Waals surface area contributed by atoms with Gasteiger partial charge in [-0.15, -0.1) is 11.3 Å². The number of aromatic nitrogens is 2. The summed E-state index contributed by atoms with van der Waals surface area (Å²) >= 11 is 14.7. The standard InChI is InChI=1S/C34H18Cl2N2S/c35-28-13-6-14-29-30(28)32-33(39-29)31(37-34(36)38-32)21-8-5-7-19(17-21)20-15-16-26-24-11-2-1-9-22(24)23-10-3-4-12-25(23)27(26)18-20/h1-18H. The van der Waals surface area contributed by atoms with Gasteiger partial charge in [0, 0.05) is 15.6 Å². The topological polar surface area (TPSA) is 25.8 Å². The van der Waals surface area contributed by atoms with Gasteiger partial charge in [-0.25, -0.2) is 9.97 Å². The lowest BCUT2D eigenvalue weighted by Crippen LogP contribution is -1.90. The zero-order valence-electron chi connectivity index (χ0n) is 20.5. The van der Waals surface area contributed by atoms with Crippen LogP contribution in [0.4, 0.5) is 0 Å². The number of benzene rings is 6. The molecule has 0 saturated heterocycles. The Labute approximate surface area is 238 Å². The van der Waals surface area contributed by atoms with Crippen LogP contribution in [0.3, 0.4) is 0 Å². The number of halogens is 2. The lowest BCUT2D eigenvalue weighted by Gasteiger charge is -2.12. The minimum atomic E-state index is 0.214. The van der Waals surface area contributed by atoms with Crippen LogP contribution in [0.5, 0.6) is 0 Å². The molecule has 184 valence electrons. The number of hydrogen-bond acceptors (Lipinski definition) is 3. The third-order valence-corrected chi connectivity index (χ3v) is 9.11. The Bertz CT molecular complexity index is 2230. The van der Waals surface area contributed by atoms with Crippen molar-refractivity contribution in [2.24, 2.45) is 0 Å². The molecule has 0 atom stereocenters. The molecule has 8 rings (SSSR count). The number of hydrogen-bond donors (Lipinski definition) is 0. The molecule has 0 unspecified atom stereocenters. The van der Waals surface area contributed by atoms with Crippen molar-refractivity contribution in [2.75, 3.05) is 0 Å². The van der Waals surface area contributed by atoms with E-state index in [4.69, 9.17) is 23.2 Å². The SMILES string of the molecule is Clc1nc(-c2cccc(-c3ccc4c5ccccc5c5ccccc5c4c3)c2)c2sc3cccc(Cl)c3c2n1. The Morgan fingerprint density at radius 2 is 1.13 bits per heavy atom. The average Bonchev–Trinajstić information content (AvgIpc) is 3.36. The van der Waals surface area contributed by atoms with Gasteiger partial charge in [0.25, 0.3) is 0 Å². The van der Waals surface area contributed by atoms with Gasteiger partial charge in [-0.1, -0.05) is 96.5 Å². The first-order valence-electron chi connectivity index (χ1n) is 12.6. The first kappa shape index (κ1) is 22.9. The fourth-order valence-electron chi connectivity index (χ4n) is 5.75. The molecular weight excluding hydrogens is 539 g/mol. The maximum absolute atomic E-state index is 6.56. The van der Waals surface area contributed by atoms with E-state index in [-0.39, 0.29) is 5.28 Å². The molecule has 0 aliphatic carbocycles. The van der Waals surface area contributed by atoms with Crippen molar-refractivity contribution < 1.29 is 0 Å². The lowest BCUT2D eigenvalue weighted by atomic mass is 9.92. The molecule has 6 aromatic carbocycles. The molecule has 39 heavy (non-hydrogen) atoms. The molecule has 5 heteroatoms. The quantitative estimate of drug-likeness (QED) is 0.156. The second-order valence-corrected chi connectivity index (χ2v) is 11.5. The number of nitrogens with zero attached hydrogens (tertiary/aromatic N) is 2. The second kappa shape index (κ2) is 8.75. The maximum atomic E-state index is 6.56. The van der Waals surface area contributed by atoms with Crippen molar-refractivity contribution in [1.29, 1.82) is 0 Å². The predicted octanol–water partition coefficient (Wildman–Crippen LogP) is 10.9. The number of thiophene rings is 1. The summed E-state index contributed by atoms with van der Waals surface area (Å²) in [5, 5.41) is 9.40. The summed E-state index contributed by atoms with van der Waals surface area (Å²) in [6, 6.07) is 38.5. The molecule has 0 radical (unpaired) electrons. The fraction of sp³-hybridized carbons (Fsp3) is 0. The van der Waals surface area contributed by atoms with Crippen LogP contribution < -0.4 is 0 Å². The van der Waals surface area contributed by atoms with Crippen molar-refractivity contribution in [2.45, 2.75) is 0 Å². The summed E-state index contributed by atoms with van der Waals surface area (Å²) in [4.78, 5) is 9.24. The highest BCUT2D eigenvalue weighted by Gasteiger charge is 2.17. The van der Waals surface area contributed by atoms with E-state index in [0.717, 1.165) is 42.7 Å². The molecule has 0 bridgehead atoms. The predicted molar refractivity (Wildman–Crippen MR) is 168 cm³/mol. The minimum Gasteiger partial charge on any atom is -0.216 e. The van der Waals surface area contributed by atoms with Gasteiger partial charge in [0.15, 0.2) is 0 Å². The summed E-state index contributed by atoms with van der Waals surface area (Å²) < 4.78 is 2.05. The van der Waals surface area contributed by atoms with Crippen LogP contribution in [-0.4, -0.2) is 9.97 Å². The number of rotatable bonds is 2. The van der Waals surface area contributed by atoms with E-state index in [2.05, 4.69) is 107 Å². The van der Waals surface area contributed by atoms with E-state index >= 15 is 0 Å². The molecule has 2 aromatic heterocycles. The van der Waals surface area contributed by atoms with E-state index in [9.17, 15) is 0 Å². The Morgan fingerprint density at radius 1 is 0.513 bits per heavy atom. The van der Waals surface area contributed by atoms with Gasteiger partial charge in [0.2, 0.25) is 5.28 Å². The third-order valence-electron chi connectivity index (χ3n) is 7.48. The van der Waals surface area contributed by atoms with Gasteiger partial charge in [0.1, 0.15) is 0 Å². The molecule has 2 nitrogen and oxygen atoms in total. The number of fused-ring (bicyclic) bond motifs is 9. The molecule has 0 N–H and O–H groups in total. The van der Waals surface area contributed by atoms with E-state index < -0.39 is 0 Å². The van der Waals surface area contributed by atoms with Crippen LogP contribution >= 0.6 is 34.5 Å². The summed E-state index contributed by atoms with van der Waals surface area (Å²) in [5.74, 6) is 0. The summed E-state index contributed by atoms with van der Waals surface area (Å²) in [6.45, 7) is 0. The maximum Gasteiger partial charge on any atom is 0.223 e. The van der Waals surface area contributed by atoms with Gasteiger partial charge in [-0.3, -0.25) is 0 Å². The molecule has 0 amide bonds. The van der Waals surface area contributed by atoms with E-state index in [0.29, 0.717) is 5.02 Å². The third kappa shape index (κ3) is 3.55. The Morgan fingerprint density at radius 3 is 1.87 bits per heavy atom. The highest BCUT2D eigenvalue weighted by Crippen LogP contribution is 2.42. The molecule has 0 aliphatic heterocycles. The zero-order valence-corrected chi connectivity index (χ0v) is 22.8. The summed E-state index contributed by atoms with van der Waals surface area (Å²) in [6.07, 6.45) is 0. The Hall–Kier alpha value is -4.02. The molecule has 2 heterocycles. The van der Waals surface area contributed by atoms with Crippen molar-refractivity contribution in [3.05, 3.63) is 120 Å². The summed E-state index contributed by atoms with van der Waals surface area (Å²) in [5.41, 5.74) is 4.88. The molecule has 0 aliphatic rings. The Kier molecular flexibility index (Phi) is 5.14. The second-order valence-electron chi connectivity index (χ2n) is 9.67. The zero-order chi connectivity index (χ0) is 26.1. The molecule has 8 aromatic rings. The van der Waals surface area contributed by atoms with Crippen LogP contribution in [0.1, 0.15) is 0 Å². The first-order chi connectivity index (χ1) is 19.2. The van der Waals surface area contributed by atoms with Gasteiger partial charge in [0.05, 0.1) is 20.9 Å². The largest absolute Gasteiger partial charge is 0.223 e. The molecule has 0 saturated carbocycles. The van der Waals surface area contributed by atoms with Gasteiger partial charge < -0.3 is 0 Å². The van der Waals surface area contributed by atoms with Gasteiger partial charge in [-0.05, 0) is 79.3 Å². The monoisotopic (exact) mass is 556 g/mol. The van der Waals surface area contributed by atoms with Crippen molar-refractivity contribution in [1.82, 2.24) is 9.97 Å². The highest BCUT2D eigenvalue weighted by atomic mass is 35.5. The lowest BCUT2D eigenvalue weighted by molar-refractivity contribution is 1.24. The molecule has 0 spiro atoms. The van der Waals surface area contributed by atoms with E-state index in [1.54, 1.807) is 11.3 Å². The van der Waals surface area contributed by atoms with Crippen LogP contribution in [0.15, 0.2) is 109 Å². The van der Waals surface area contributed by atoms with Gasteiger partial charge in [-0.2, -0.15) is 0 Å². The first-order valence-corrected chi connectivity index (χ1v) is 14.2.